The maximum atomic E-state index is 12.1. The van der Waals surface area contributed by atoms with Crippen LogP contribution >= 0.6 is 11.8 Å². The van der Waals surface area contributed by atoms with E-state index >= 15 is 0 Å². The molecule has 140 valence electrons. The molecule has 0 aliphatic heterocycles. The second-order valence-corrected chi connectivity index (χ2v) is 8.09. The molecule has 0 fully saturated rings. The minimum atomic E-state index is -3.83. The number of carbonyl (C=O) groups is 1. The molecule has 0 aliphatic rings. The number of aromatic nitrogens is 2. The summed E-state index contributed by atoms with van der Waals surface area (Å²) in [7, 11) is -3.83. The fourth-order valence-corrected chi connectivity index (χ4v) is 3.39. The smallest absolute Gasteiger partial charge is 0.277 e. The van der Waals surface area contributed by atoms with Crippen LogP contribution in [0.3, 0.4) is 0 Å². The Morgan fingerprint density at radius 2 is 1.96 bits per heavy atom. The van der Waals surface area contributed by atoms with Crippen LogP contribution in [-0.4, -0.2) is 30.3 Å². The number of nitrogens with one attached hydrogen (secondary N) is 1. The summed E-state index contributed by atoms with van der Waals surface area (Å²) in [6, 6.07) is 13.3. The summed E-state index contributed by atoms with van der Waals surface area (Å²) < 4.78 is 28.3. The predicted octanol–water partition coefficient (Wildman–Crippen LogP) is 2.42. The number of nitrogens with zero attached hydrogens (tertiary/aromatic N) is 2. The number of benzene rings is 2. The molecular formula is C17H16N4O4S2. The maximum Gasteiger partial charge on any atom is 0.277 e. The second kappa shape index (κ2) is 7.91. The first-order valence-electron chi connectivity index (χ1n) is 7.78. The van der Waals surface area contributed by atoms with Crippen molar-refractivity contribution in [1.29, 1.82) is 0 Å². The summed E-state index contributed by atoms with van der Waals surface area (Å²) in [5.74, 6) is 0.0636. The van der Waals surface area contributed by atoms with Crippen molar-refractivity contribution in [3.05, 3.63) is 54.1 Å². The molecular weight excluding hydrogens is 388 g/mol. The zero-order valence-electron chi connectivity index (χ0n) is 14.2. The van der Waals surface area contributed by atoms with Crippen molar-refractivity contribution in [2.75, 3.05) is 11.1 Å². The lowest BCUT2D eigenvalue weighted by atomic mass is 10.1. The second-order valence-electron chi connectivity index (χ2n) is 5.60. The standard InChI is InChI=1S/C17H16N4O4S2/c1-11-5-2-3-8-14(11)16-20-21-17(25-16)26-10-15(22)19-12-6-4-7-13(9-12)27(18,23)24/h2-9H,10H2,1H3,(H,19,22)(H2,18,23,24). The number of aryl methyl sites for hydroxylation is 1. The summed E-state index contributed by atoms with van der Waals surface area (Å²) in [5, 5.41) is 15.9. The Bertz CT molecular complexity index is 1080. The van der Waals surface area contributed by atoms with E-state index in [9.17, 15) is 13.2 Å². The molecule has 0 spiro atoms. The predicted molar refractivity (Wildman–Crippen MR) is 102 cm³/mol. The molecule has 3 N–H and O–H groups in total. The zero-order valence-corrected chi connectivity index (χ0v) is 15.9. The van der Waals surface area contributed by atoms with E-state index < -0.39 is 10.0 Å². The van der Waals surface area contributed by atoms with Gasteiger partial charge in [0.25, 0.3) is 5.22 Å². The van der Waals surface area contributed by atoms with E-state index in [1.54, 1.807) is 6.07 Å². The van der Waals surface area contributed by atoms with Gasteiger partial charge in [0.05, 0.1) is 10.6 Å². The molecule has 0 saturated heterocycles. The van der Waals surface area contributed by atoms with Crippen LogP contribution in [0.1, 0.15) is 5.56 Å². The van der Waals surface area contributed by atoms with Crippen molar-refractivity contribution in [3.63, 3.8) is 0 Å². The van der Waals surface area contributed by atoms with Gasteiger partial charge in [0, 0.05) is 11.3 Å². The monoisotopic (exact) mass is 404 g/mol. The van der Waals surface area contributed by atoms with E-state index in [0.717, 1.165) is 22.9 Å². The van der Waals surface area contributed by atoms with Crippen LogP contribution in [-0.2, 0) is 14.8 Å². The number of nitrogens with two attached hydrogens (primary N) is 1. The zero-order chi connectivity index (χ0) is 19.4. The van der Waals surface area contributed by atoms with E-state index in [0.29, 0.717) is 11.6 Å². The van der Waals surface area contributed by atoms with Gasteiger partial charge in [0.2, 0.25) is 21.8 Å². The highest BCUT2D eigenvalue weighted by atomic mass is 32.2. The molecule has 10 heteroatoms. The molecule has 8 nitrogen and oxygen atoms in total. The van der Waals surface area contributed by atoms with Crippen molar-refractivity contribution in [2.24, 2.45) is 5.14 Å². The highest BCUT2D eigenvalue weighted by Gasteiger charge is 2.13. The van der Waals surface area contributed by atoms with Gasteiger partial charge in [-0.05, 0) is 36.8 Å². The normalized spacial score (nSPS) is 11.3. The van der Waals surface area contributed by atoms with E-state index in [4.69, 9.17) is 9.56 Å². The lowest BCUT2D eigenvalue weighted by Crippen LogP contribution is -2.16. The van der Waals surface area contributed by atoms with Gasteiger partial charge >= 0.3 is 0 Å². The minimum Gasteiger partial charge on any atom is -0.411 e. The molecule has 1 amide bonds. The average molecular weight is 404 g/mol. The van der Waals surface area contributed by atoms with Gasteiger partial charge in [-0.15, -0.1) is 10.2 Å². The molecule has 2 aromatic carbocycles. The van der Waals surface area contributed by atoms with Gasteiger partial charge in [-0.25, -0.2) is 13.6 Å². The fourth-order valence-electron chi connectivity index (χ4n) is 2.26. The molecule has 0 aliphatic carbocycles. The quantitative estimate of drug-likeness (QED) is 0.604. The highest BCUT2D eigenvalue weighted by molar-refractivity contribution is 7.99. The fraction of sp³-hybridized carbons (Fsp3) is 0.118. The Hall–Kier alpha value is -2.69. The molecule has 0 atom stereocenters. The Balaban J connectivity index is 1.61. The number of anilines is 1. The average Bonchev–Trinajstić information content (AvgIpc) is 3.09. The number of sulfonamides is 1. The number of thioether (sulfide) groups is 1. The number of primary sulfonamides is 1. The molecule has 3 rings (SSSR count). The Kier molecular flexibility index (Phi) is 5.59. The number of hydrogen-bond donors (Lipinski definition) is 2. The van der Waals surface area contributed by atoms with E-state index in [-0.39, 0.29) is 21.8 Å². The summed E-state index contributed by atoms with van der Waals surface area (Å²) in [6.07, 6.45) is 0. The lowest BCUT2D eigenvalue weighted by Gasteiger charge is -2.05. The van der Waals surface area contributed by atoms with E-state index in [1.165, 1.54) is 18.2 Å². The number of rotatable bonds is 6. The summed E-state index contributed by atoms with van der Waals surface area (Å²) in [6.45, 7) is 1.94. The van der Waals surface area contributed by atoms with Crippen LogP contribution in [0.25, 0.3) is 11.5 Å². The topological polar surface area (TPSA) is 128 Å². The molecule has 1 heterocycles. The first-order valence-corrected chi connectivity index (χ1v) is 10.3. The largest absolute Gasteiger partial charge is 0.411 e. The van der Waals surface area contributed by atoms with Crippen LogP contribution in [0.5, 0.6) is 0 Å². The minimum absolute atomic E-state index is 0.0228. The van der Waals surface area contributed by atoms with Crippen LogP contribution in [0, 0.1) is 6.92 Å². The Labute approximate surface area is 160 Å². The molecule has 0 radical (unpaired) electrons. The molecule has 3 aromatic rings. The van der Waals surface area contributed by atoms with Crippen molar-refractivity contribution >= 4 is 33.4 Å². The first kappa shape index (κ1) is 19.1. The van der Waals surface area contributed by atoms with Gasteiger partial charge in [-0.1, -0.05) is 36.0 Å². The van der Waals surface area contributed by atoms with E-state index in [2.05, 4.69) is 15.5 Å². The third-order valence-corrected chi connectivity index (χ3v) is 5.28. The van der Waals surface area contributed by atoms with Crippen molar-refractivity contribution in [1.82, 2.24) is 10.2 Å². The van der Waals surface area contributed by atoms with Crippen molar-refractivity contribution in [3.8, 4) is 11.5 Å². The van der Waals surface area contributed by atoms with Gasteiger partial charge in [0.1, 0.15) is 0 Å². The van der Waals surface area contributed by atoms with Gasteiger partial charge < -0.3 is 9.73 Å². The highest BCUT2D eigenvalue weighted by Crippen LogP contribution is 2.25. The Morgan fingerprint density at radius 3 is 2.70 bits per heavy atom. The summed E-state index contributed by atoms with van der Waals surface area (Å²) >= 11 is 1.08. The van der Waals surface area contributed by atoms with Gasteiger partial charge in [0.15, 0.2) is 0 Å². The molecule has 0 saturated carbocycles. The molecule has 1 aromatic heterocycles. The molecule has 0 unspecified atom stereocenters. The summed E-state index contributed by atoms with van der Waals surface area (Å²) in [4.78, 5) is 12.0. The third-order valence-electron chi connectivity index (χ3n) is 3.55. The van der Waals surface area contributed by atoms with Gasteiger partial charge in [-0.3, -0.25) is 4.79 Å². The summed E-state index contributed by atoms with van der Waals surface area (Å²) in [5.41, 5.74) is 2.17. The maximum absolute atomic E-state index is 12.1. The van der Waals surface area contributed by atoms with Crippen LogP contribution < -0.4 is 10.5 Å². The first-order chi connectivity index (χ1) is 12.8. The lowest BCUT2D eigenvalue weighted by molar-refractivity contribution is -0.113. The van der Waals surface area contributed by atoms with Crippen LogP contribution in [0.15, 0.2) is 63.1 Å². The van der Waals surface area contributed by atoms with Crippen molar-refractivity contribution < 1.29 is 17.6 Å². The van der Waals surface area contributed by atoms with Crippen LogP contribution in [0.2, 0.25) is 0 Å². The van der Waals surface area contributed by atoms with Gasteiger partial charge in [-0.2, -0.15) is 0 Å². The van der Waals surface area contributed by atoms with Crippen molar-refractivity contribution in [2.45, 2.75) is 17.0 Å². The number of amides is 1. The number of carbonyl (C=O) groups excluding carboxylic acids is 1. The number of hydrogen-bond acceptors (Lipinski definition) is 7. The Morgan fingerprint density at radius 1 is 1.19 bits per heavy atom. The molecule has 0 bridgehead atoms. The van der Waals surface area contributed by atoms with Crippen LogP contribution in [0.4, 0.5) is 5.69 Å². The SMILES string of the molecule is Cc1ccccc1-c1nnc(SCC(=O)Nc2cccc(S(N)(=O)=O)c2)o1. The molecule has 27 heavy (non-hydrogen) atoms. The van der Waals surface area contributed by atoms with E-state index in [1.807, 2.05) is 31.2 Å². The third kappa shape index (κ3) is 4.94.